The second-order valence-corrected chi connectivity index (χ2v) is 18.6. The lowest BCUT2D eigenvalue weighted by molar-refractivity contribution is -0.646. The molecular formula is C56H29BF24N2O. The number of nitrogens with zero attached hydrogens (tertiary/aromatic N) is 2. The zero-order valence-corrected chi connectivity index (χ0v) is 41.2. The van der Waals surface area contributed by atoms with Crippen LogP contribution in [0.4, 0.5) is 105 Å². The van der Waals surface area contributed by atoms with E-state index in [4.69, 9.17) is 5.26 Å². The molecule has 0 bridgehead atoms. The van der Waals surface area contributed by atoms with Crippen molar-refractivity contribution in [2.24, 2.45) is 0 Å². The van der Waals surface area contributed by atoms with Crippen LogP contribution in [-0.4, -0.2) is 11.9 Å². The maximum absolute atomic E-state index is 14.2. The fraction of sp³-hybridized carbons (Fsp3) is 0.161. The Morgan fingerprint density at radius 2 is 0.667 bits per heavy atom. The summed E-state index contributed by atoms with van der Waals surface area (Å²) in [4.78, 5) is 12.9. The molecule has 0 fully saturated rings. The van der Waals surface area contributed by atoms with Crippen LogP contribution in [-0.2, 0) is 56.0 Å². The number of fused-ring (bicyclic) bond motifs is 1. The molecule has 1 aromatic heterocycles. The molecule has 8 rings (SSSR count). The first-order valence-electron chi connectivity index (χ1n) is 23.4. The van der Waals surface area contributed by atoms with Crippen LogP contribution in [0.2, 0.25) is 0 Å². The van der Waals surface area contributed by atoms with Crippen molar-refractivity contribution in [2.75, 3.05) is 0 Å². The zero-order valence-electron chi connectivity index (χ0n) is 41.2. The number of nitriles is 1. The second-order valence-electron chi connectivity index (χ2n) is 18.6. The number of rotatable bonds is 8. The monoisotopic (exact) mass is 1210 g/mol. The van der Waals surface area contributed by atoms with Gasteiger partial charge in [0.05, 0.1) is 56.1 Å². The van der Waals surface area contributed by atoms with Crippen molar-refractivity contribution in [3.05, 3.63) is 219 Å². The van der Waals surface area contributed by atoms with Gasteiger partial charge in [-0.1, -0.05) is 91.0 Å². The molecule has 3 nitrogen and oxygen atoms in total. The first kappa shape index (κ1) is 63.1. The van der Waals surface area contributed by atoms with Gasteiger partial charge in [0.25, 0.3) is 0 Å². The van der Waals surface area contributed by atoms with Gasteiger partial charge in [0.15, 0.2) is 0 Å². The Kier molecular flexibility index (Phi) is 16.7. The average Bonchev–Trinajstić information content (AvgIpc) is 1.16. The van der Waals surface area contributed by atoms with Gasteiger partial charge in [0.1, 0.15) is 6.15 Å². The average molecular weight is 1210 g/mol. The van der Waals surface area contributed by atoms with Crippen LogP contribution >= 0.6 is 0 Å². The fourth-order valence-electron chi connectivity index (χ4n) is 9.33. The number of pyridine rings is 1. The predicted molar refractivity (Wildman–Crippen MR) is 255 cm³/mol. The van der Waals surface area contributed by atoms with Crippen molar-refractivity contribution in [1.82, 2.24) is 0 Å². The Bertz CT molecular complexity index is 3350. The van der Waals surface area contributed by atoms with Gasteiger partial charge in [-0.3, -0.25) is 4.79 Å². The predicted octanol–water partition coefficient (Wildman–Crippen LogP) is 15.8. The Labute approximate surface area is 456 Å². The van der Waals surface area contributed by atoms with E-state index in [-0.39, 0.29) is 12.3 Å². The molecule has 0 radical (unpaired) electrons. The Balaban J connectivity index is 0.000000309. The van der Waals surface area contributed by atoms with Gasteiger partial charge in [-0.05, 0) is 60.7 Å². The third-order valence-electron chi connectivity index (χ3n) is 13.1. The number of hydrogen-bond acceptors (Lipinski definition) is 2. The van der Waals surface area contributed by atoms with Crippen LogP contribution in [0.25, 0.3) is 22.2 Å². The quantitative estimate of drug-likeness (QED) is 0.0659. The number of carbonyl (C=O) groups is 1. The molecular weight excluding hydrogens is 1180 g/mol. The Morgan fingerprint density at radius 3 is 0.964 bits per heavy atom. The van der Waals surface area contributed by atoms with E-state index in [1.54, 1.807) is 12.1 Å². The van der Waals surface area contributed by atoms with Crippen molar-refractivity contribution in [3.8, 4) is 17.3 Å². The summed E-state index contributed by atoms with van der Waals surface area (Å²) in [5.41, 5.74) is -26.0. The van der Waals surface area contributed by atoms with E-state index in [1.807, 2.05) is 77.4 Å². The second kappa shape index (κ2) is 22.2. The highest BCUT2D eigenvalue weighted by atomic mass is 19.4. The molecule has 0 saturated heterocycles. The van der Waals surface area contributed by atoms with Crippen molar-refractivity contribution in [2.45, 2.75) is 56.0 Å². The number of aromatic nitrogens is 1. The van der Waals surface area contributed by atoms with E-state index in [9.17, 15) is 110 Å². The largest absolute Gasteiger partial charge is 0.416 e. The topological polar surface area (TPSA) is 44.7 Å². The summed E-state index contributed by atoms with van der Waals surface area (Å²) in [6, 6.07) is 22.3. The minimum absolute atomic E-state index is 0.0619. The molecule has 1 heterocycles. The first-order valence-corrected chi connectivity index (χ1v) is 23.4. The summed E-state index contributed by atoms with van der Waals surface area (Å²) < 4.78 is 343. The lowest BCUT2D eigenvalue weighted by Gasteiger charge is -2.46. The van der Waals surface area contributed by atoms with Gasteiger partial charge in [0.2, 0.25) is 23.5 Å². The van der Waals surface area contributed by atoms with Crippen LogP contribution in [0, 0.1) is 11.3 Å². The van der Waals surface area contributed by atoms with E-state index in [1.165, 1.54) is 0 Å². The van der Waals surface area contributed by atoms with Crippen LogP contribution in [0.5, 0.6) is 0 Å². The molecule has 7 aromatic carbocycles. The molecule has 0 saturated carbocycles. The highest BCUT2D eigenvalue weighted by Crippen LogP contribution is 2.42. The van der Waals surface area contributed by atoms with E-state index < -0.39 is 195 Å². The SMILES string of the molecule is FC(F)(F)c1cc([B-](c2cc(C(F)(F)F)cc(C(F)(F)F)c2)(c2cc(C(F)(F)F)cc(C(F)(F)F)c2)c2cc(C(F)(F)F)cc(C(F)(F)F)c2)cc(C(F)(F)F)c1.N#Cc1ccc(-c2ccc3ccccc3[n+]2CC(=O)c2ccccc2)cc1. The lowest BCUT2D eigenvalue weighted by Crippen LogP contribution is -2.75. The van der Waals surface area contributed by atoms with E-state index in [0.717, 1.165) is 22.2 Å². The molecule has 0 aliphatic rings. The summed E-state index contributed by atoms with van der Waals surface area (Å²) in [5, 5.41) is 10.1. The van der Waals surface area contributed by atoms with Crippen LogP contribution < -0.4 is 26.4 Å². The van der Waals surface area contributed by atoms with Crippen LogP contribution in [0.3, 0.4) is 0 Å². The number of alkyl halides is 24. The lowest BCUT2D eigenvalue weighted by atomic mass is 9.12. The van der Waals surface area contributed by atoms with E-state index >= 15 is 0 Å². The smallest absolute Gasteiger partial charge is 0.287 e. The molecule has 0 unspecified atom stereocenters. The van der Waals surface area contributed by atoms with E-state index in [2.05, 4.69) is 12.1 Å². The summed E-state index contributed by atoms with van der Waals surface area (Å²) in [6.45, 7) is 0.251. The standard InChI is InChI=1S/C32H12BF24.C24H17N2O/c34-25(35,36)13-1-14(26(37,38)39)6-21(5-13)33(22-7-15(27(40,41)42)2-16(8-22)28(43,44)45,23-9-17(29(46,47)48)3-18(10-23)30(49,50)51)24-11-19(31(52,53)54)4-20(12-24)32(55,56)57;25-16-18-10-12-20(13-11-18)23-15-14-19-6-4-5-9-22(19)26(23)17-24(27)21-7-2-1-3-8-21/h1-12H;1-15H,17H2/q-1;+1. The van der Waals surface area contributed by atoms with Gasteiger partial charge in [-0.25, -0.2) is 0 Å². The molecule has 8 aromatic rings. The number of halogens is 24. The zero-order chi connectivity index (χ0) is 62.6. The summed E-state index contributed by atoms with van der Waals surface area (Å²) in [7, 11) is 0. The van der Waals surface area contributed by atoms with Crippen molar-refractivity contribution in [1.29, 1.82) is 5.26 Å². The molecule has 0 aliphatic heterocycles. The highest BCUT2D eigenvalue weighted by Gasteiger charge is 2.47. The van der Waals surface area contributed by atoms with Crippen molar-refractivity contribution < 1.29 is 115 Å². The Morgan fingerprint density at radius 1 is 0.369 bits per heavy atom. The number of ketones is 1. The molecule has 28 heteroatoms. The third-order valence-corrected chi connectivity index (χ3v) is 13.1. The maximum atomic E-state index is 14.2. The molecule has 84 heavy (non-hydrogen) atoms. The summed E-state index contributed by atoms with van der Waals surface area (Å²) in [6.07, 6.45) is -54.8. The van der Waals surface area contributed by atoms with Gasteiger partial charge in [-0.15, -0.1) is 0 Å². The number of carbonyl (C=O) groups excluding carboxylic acids is 1. The molecule has 0 N–H and O–H groups in total. The van der Waals surface area contributed by atoms with Crippen LogP contribution in [0.15, 0.2) is 164 Å². The number of Topliss-reactive ketones (excluding diaryl/α,β-unsaturated/α-hetero) is 1. The van der Waals surface area contributed by atoms with Crippen molar-refractivity contribution >= 4 is 44.7 Å². The van der Waals surface area contributed by atoms with Gasteiger partial charge >= 0.3 is 49.4 Å². The number of benzene rings is 7. The summed E-state index contributed by atoms with van der Waals surface area (Å²) in [5.74, 6) is 0.0619. The minimum Gasteiger partial charge on any atom is -0.287 e. The third kappa shape index (κ3) is 13.8. The summed E-state index contributed by atoms with van der Waals surface area (Å²) >= 11 is 0. The van der Waals surface area contributed by atoms with Gasteiger partial charge in [-0.2, -0.15) is 137 Å². The molecule has 0 atom stereocenters. The minimum atomic E-state index is -6.13. The van der Waals surface area contributed by atoms with Gasteiger partial charge < -0.3 is 0 Å². The first-order chi connectivity index (χ1) is 38.5. The highest BCUT2D eigenvalue weighted by molar-refractivity contribution is 7.20. The number of para-hydroxylation sites is 1. The normalized spacial score (nSPS) is 13.1. The molecule has 0 aliphatic carbocycles. The molecule has 0 amide bonds. The molecule has 0 spiro atoms. The Hall–Kier alpha value is -8.51. The fourth-order valence-corrected chi connectivity index (χ4v) is 9.33. The van der Waals surface area contributed by atoms with Crippen molar-refractivity contribution in [3.63, 3.8) is 0 Å². The van der Waals surface area contributed by atoms with Gasteiger partial charge in [0, 0.05) is 28.6 Å². The molecule has 440 valence electrons. The van der Waals surface area contributed by atoms with E-state index in [0.29, 0.717) is 11.1 Å². The number of hydrogen-bond donors (Lipinski definition) is 0. The maximum Gasteiger partial charge on any atom is 0.416 e. The van der Waals surface area contributed by atoms with Crippen LogP contribution in [0.1, 0.15) is 60.4 Å².